The van der Waals surface area contributed by atoms with Crippen LogP contribution in [-0.4, -0.2) is 11.8 Å². The number of halogens is 2. The molecule has 0 aliphatic heterocycles. The number of amides is 2. The highest BCUT2D eigenvalue weighted by Crippen LogP contribution is 2.49. The number of nitrogens with one attached hydrogen (secondary N) is 2. The largest absolute Gasteiger partial charge is 0.325 e. The van der Waals surface area contributed by atoms with Crippen LogP contribution in [0.4, 0.5) is 11.4 Å². The lowest BCUT2D eigenvalue weighted by atomic mass is 9.81. The summed E-state index contributed by atoms with van der Waals surface area (Å²) in [4.78, 5) is 26.1. The van der Waals surface area contributed by atoms with E-state index in [9.17, 15) is 9.59 Å². The fourth-order valence-electron chi connectivity index (χ4n) is 4.09. The van der Waals surface area contributed by atoms with Crippen LogP contribution in [0.2, 0.25) is 0 Å². The monoisotopic (exact) mass is 584 g/mol. The van der Waals surface area contributed by atoms with Crippen molar-refractivity contribution in [1.82, 2.24) is 0 Å². The second-order valence-corrected chi connectivity index (χ2v) is 9.26. The second kappa shape index (κ2) is 7.90. The van der Waals surface area contributed by atoms with Gasteiger partial charge in [-0.15, -0.1) is 0 Å². The van der Waals surface area contributed by atoms with Gasteiger partial charge in [-0.3, -0.25) is 9.59 Å². The molecule has 6 heteroatoms. The van der Waals surface area contributed by atoms with Gasteiger partial charge in [0.1, 0.15) is 0 Å². The van der Waals surface area contributed by atoms with Gasteiger partial charge in [-0.1, -0.05) is 36.4 Å². The first-order chi connectivity index (χ1) is 13.0. The first-order valence-electron chi connectivity index (χ1n) is 8.83. The van der Waals surface area contributed by atoms with Crippen LogP contribution in [0.15, 0.2) is 60.7 Å². The minimum Gasteiger partial charge on any atom is -0.325 e. The lowest BCUT2D eigenvalue weighted by Gasteiger charge is -2.26. The predicted octanol–water partition coefficient (Wildman–Crippen LogP) is 4.91. The molecule has 27 heavy (non-hydrogen) atoms. The van der Waals surface area contributed by atoms with E-state index < -0.39 is 0 Å². The second-order valence-electron chi connectivity index (χ2n) is 6.94. The molecule has 0 spiro atoms. The smallest absolute Gasteiger partial charge is 0.228 e. The Bertz CT molecular complexity index is 854. The number of carbonyl (C=O) groups is 2. The standard InChI is InChI=1S/C21H18I2N2O2/c22-14-5-1-3-7-16(14)24-20(26)18-12-9-10-13(11-12)19(18)21(27)25-17-8-4-2-6-15(17)23/h1-10,12-13,18-19H,11H2,(H,24,26)(H,25,27). The Kier molecular flexibility index (Phi) is 5.54. The van der Waals surface area contributed by atoms with Gasteiger partial charge in [0.25, 0.3) is 0 Å². The van der Waals surface area contributed by atoms with Crippen molar-refractivity contribution >= 4 is 68.4 Å². The number of hydrogen-bond acceptors (Lipinski definition) is 2. The Morgan fingerprint density at radius 1 is 0.741 bits per heavy atom. The zero-order chi connectivity index (χ0) is 19.0. The van der Waals surface area contributed by atoms with Crippen LogP contribution < -0.4 is 10.6 Å². The van der Waals surface area contributed by atoms with Crippen molar-refractivity contribution in [2.45, 2.75) is 6.42 Å². The van der Waals surface area contributed by atoms with Crippen molar-refractivity contribution in [3.63, 3.8) is 0 Å². The van der Waals surface area contributed by atoms with Gasteiger partial charge in [-0.2, -0.15) is 0 Å². The van der Waals surface area contributed by atoms with Gasteiger partial charge in [0.15, 0.2) is 0 Å². The summed E-state index contributed by atoms with van der Waals surface area (Å²) in [5.74, 6) is -0.559. The zero-order valence-corrected chi connectivity index (χ0v) is 18.7. The first-order valence-corrected chi connectivity index (χ1v) is 11.0. The molecule has 0 heterocycles. The van der Waals surface area contributed by atoms with Gasteiger partial charge in [-0.25, -0.2) is 0 Å². The molecule has 138 valence electrons. The molecule has 2 bridgehead atoms. The van der Waals surface area contributed by atoms with Crippen molar-refractivity contribution in [3.05, 3.63) is 67.8 Å². The number of para-hydroxylation sites is 2. The van der Waals surface area contributed by atoms with Gasteiger partial charge < -0.3 is 10.6 Å². The quantitative estimate of drug-likeness (QED) is 0.397. The molecule has 0 saturated heterocycles. The van der Waals surface area contributed by atoms with E-state index in [1.54, 1.807) is 0 Å². The number of rotatable bonds is 4. The summed E-state index contributed by atoms with van der Waals surface area (Å²) in [6.07, 6.45) is 5.07. The normalized spacial score (nSPS) is 25.4. The highest BCUT2D eigenvalue weighted by molar-refractivity contribution is 14.1. The van der Waals surface area contributed by atoms with Crippen molar-refractivity contribution in [1.29, 1.82) is 0 Å². The van der Waals surface area contributed by atoms with Gasteiger partial charge in [-0.05, 0) is 87.7 Å². The Hall–Kier alpha value is -1.42. The molecule has 2 aliphatic rings. The molecule has 1 saturated carbocycles. The number of carbonyl (C=O) groups excluding carboxylic acids is 2. The fraction of sp³-hybridized carbons (Fsp3) is 0.238. The van der Waals surface area contributed by atoms with E-state index in [1.165, 1.54) is 0 Å². The molecular formula is C21H18I2N2O2. The number of anilines is 2. The average molecular weight is 584 g/mol. The van der Waals surface area contributed by atoms with Crippen LogP contribution in [0.25, 0.3) is 0 Å². The fourth-order valence-corrected chi connectivity index (χ4v) is 5.14. The maximum atomic E-state index is 13.1. The van der Waals surface area contributed by atoms with Crippen molar-refractivity contribution in [2.75, 3.05) is 10.6 Å². The summed E-state index contributed by atoms with van der Waals surface area (Å²) in [5, 5.41) is 6.07. The van der Waals surface area contributed by atoms with Gasteiger partial charge in [0.05, 0.1) is 23.2 Å². The van der Waals surface area contributed by atoms with Crippen molar-refractivity contribution < 1.29 is 9.59 Å². The third kappa shape index (κ3) is 3.78. The van der Waals surface area contributed by atoms with Crippen LogP contribution in [0.1, 0.15) is 6.42 Å². The maximum Gasteiger partial charge on any atom is 0.228 e. The SMILES string of the molecule is O=C(Nc1ccccc1I)C1C2C=CC(C2)C1C(=O)Nc1ccccc1I. The summed E-state index contributed by atoms with van der Waals surface area (Å²) < 4.78 is 1.98. The molecular weight excluding hydrogens is 566 g/mol. The summed E-state index contributed by atoms with van der Waals surface area (Å²) in [5.41, 5.74) is 1.60. The highest BCUT2D eigenvalue weighted by atomic mass is 127. The van der Waals surface area contributed by atoms with Gasteiger partial charge in [0, 0.05) is 7.14 Å². The first kappa shape index (κ1) is 18.9. The van der Waals surface area contributed by atoms with Crippen LogP contribution in [-0.2, 0) is 9.59 Å². The van der Waals surface area contributed by atoms with Crippen molar-refractivity contribution in [3.8, 4) is 0 Å². The molecule has 1 fully saturated rings. The summed E-state index contributed by atoms with van der Waals surface area (Å²) in [6.45, 7) is 0. The van der Waals surface area contributed by atoms with E-state index in [0.29, 0.717) is 0 Å². The van der Waals surface area contributed by atoms with Crippen LogP contribution in [0, 0.1) is 30.8 Å². The van der Waals surface area contributed by atoms with E-state index >= 15 is 0 Å². The minimum atomic E-state index is -0.336. The topological polar surface area (TPSA) is 58.2 Å². The molecule has 2 aromatic carbocycles. The Morgan fingerprint density at radius 3 is 1.56 bits per heavy atom. The molecule has 4 atom stereocenters. The lowest BCUT2D eigenvalue weighted by Crippen LogP contribution is -2.39. The van der Waals surface area contributed by atoms with E-state index in [2.05, 4.69) is 68.0 Å². The minimum absolute atomic E-state index is 0.0705. The Labute approximate surface area is 185 Å². The lowest BCUT2D eigenvalue weighted by molar-refractivity contribution is -0.129. The molecule has 2 amide bonds. The van der Waals surface area contributed by atoms with Gasteiger partial charge in [0.2, 0.25) is 11.8 Å². The molecule has 0 aromatic heterocycles. The van der Waals surface area contributed by atoms with E-state index in [0.717, 1.165) is 24.9 Å². The molecule has 4 nitrogen and oxygen atoms in total. The summed E-state index contributed by atoms with van der Waals surface area (Å²) in [6, 6.07) is 15.4. The average Bonchev–Trinajstić information content (AvgIpc) is 3.27. The molecule has 0 radical (unpaired) electrons. The van der Waals surface area contributed by atoms with Crippen molar-refractivity contribution in [2.24, 2.45) is 23.7 Å². The van der Waals surface area contributed by atoms with Gasteiger partial charge >= 0.3 is 0 Å². The molecule has 2 aliphatic carbocycles. The van der Waals surface area contributed by atoms with E-state index in [-0.39, 0.29) is 35.5 Å². The highest BCUT2D eigenvalue weighted by Gasteiger charge is 2.51. The Morgan fingerprint density at radius 2 is 1.15 bits per heavy atom. The molecule has 2 N–H and O–H groups in total. The maximum absolute atomic E-state index is 13.1. The molecule has 2 aromatic rings. The van der Waals surface area contributed by atoms with E-state index in [1.807, 2.05) is 48.5 Å². The number of fused-ring (bicyclic) bond motifs is 2. The third-order valence-corrected chi connectivity index (χ3v) is 7.21. The van der Waals surface area contributed by atoms with Crippen LogP contribution >= 0.6 is 45.2 Å². The summed E-state index contributed by atoms with van der Waals surface area (Å²) in [7, 11) is 0. The molecule has 4 unspecified atom stereocenters. The third-order valence-electron chi connectivity index (χ3n) is 5.33. The van der Waals surface area contributed by atoms with E-state index in [4.69, 9.17) is 0 Å². The van der Waals surface area contributed by atoms with Crippen LogP contribution in [0.5, 0.6) is 0 Å². The summed E-state index contributed by atoms with van der Waals surface area (Å²) >= 11 is 4.42. The zero-order valence-electron chi connectivity index (χ0n) is 14.4. The number of hydrogen-bond donors (Lipinski definition) is 2. The van der Waals surface area contributed by atoms with Crippen LogP contribution in [0.3, 0.4) is 0 Å². The molecule has 4 rings (SSSR count). The Balaban J connectivity index is 1.55. The predicted molar refractivity (Wildman–Crippen MR) is 123 cm³/mol. The number of allylic oxidation sites excluding steroid dienone is 2. The number of benzene rings is 2.